The van der Waals surface area contributed by atoms with Crippen molar-refractivity contribution in [2.45, 2.75) is 6.43 Å². The Labute approximate surface area is 82.9 Å². The second-order valence-electron chi connectivity index (χ2n) is 2.32. The maximum atomic E-state index is 12.4. The van der Waals surface area contributed by atoms with Gasteiger partial charge in [0.15, 0.2) is 6.29 Å². The van der Waals surface area contributed by atoms with Crippen molar-refractivity contribution in [3.63, 3.8) is 0 Å². The highest BCUT2D eigenvalue weighted by molar-refractivity contribution is 6.29. The molecule has 1 aromatic heterocycles. The molecule has 0 atom stereocenters. The highest BCUT2D eigenvalue weighted by Crippen LogP contribution is 2.25. The van der Waals surface area contributed by atoms with Crippen LogP contribution in [0.15, 0.2) is 6.07 Å². The maximum Gasteiger partial charge on any atom is 0.265 e. The first kappa shape index (κ1) is 10.5. The van der Waals surface area contributed by atoms with E-state index in [1.165, 1.54) is 6.07 Å². The van der Waals surface area contributed by atoms with E-state index in [4.69, 9.17) is 16.9 Å². The average Bonchev–Trinajstić information content (AvgIpc) is 2.16. The second kappa shape index (κ2) is 4.11. The highest BCUT2D eigenvalue weighted by atomic mass is 35.5. The number of nitrogens with zero attached hydrogens (tertiary/aromatic N) is 2. The molecule has 1 aromatic rings. The third-order valence-electron chi connectivity index (χ3n) is 1.51. The van der Waals surface area contributed by atoms with Gasteiger partial charge in [0.05, 0.1) is 5.56 Å². The molecule has 0 unspecified atom stereocenters. The number of alkyl halides is 2. The molecule has 0 saturated carbocycles. The number of hydrogen-bond donors (Lipinski definition) is 0. The summed E-state index contributed by atoms with van der Waals surface area (Å²) in [6, 6.07) is 2.36. The quantitative estimate of drug-likeness (QED) is 0.563. The van der Waals surface area contributed by atoms with E-state index in [1.807, 2.05) is 0 Å². The van der Waals surface area contributed by atoms with Crippen LogP contribution in [0.1, 0.15) is 28.0 Å². The fraction of sp³-hybridized carbons (Fsp3) is 0.125. The molecule has 6 heteroatoms. The topological polar surface area (TPSA) is 53.8 Å². The molecule has 0 aliphatic carbocycles. The average molecular weight is 217 g/mol. The predicted molar refractivity (Wildman–Crippen MR) is 44.3 cm³/mol. The van der Waals surface area contributed by atoms with Crippen molar-refractivity contribution in [2.24, 2.45) is 0 Å². The number of pyridine rings is 1. The molecule has 1 heterocycles. The van der Waals surface area contributed by atoms with E-state index >= 15 is 0 Å². The van der Waals surface area contributed by atoms with E-state index in [1.54, 1.807) is 0 Å². The SMILES string of the molecule is N#Cc1c(C(F)F)cc(Cl)nc1C=O. The van der Waals surface area contributed by atoms with Gasteiger partial charge in [-0.1, -0.05) is 11.6 Å². The number of nitriles is 1. The lowest BCUT2D eigenvalue weighted by atomic mass is 10.1. The van der Waals surface area contributed by atoms with Crippen molar-refractivity contribution in [3.8, 4) is 6.07 Å². The van der Waals surface area contributed by atoms with Crippen LogP contribution in [0, 0.1) is 11.3 Å². The fourth-order valence-electron chi connectivity index (χ4n) is 0.931. The molecule has 0 spiro atoms. The molecule has 0 aliphatic heterocycles. The lowest BCUT2D eigenvalue weighted by Crippen LogP contribution is -2.00. The Morgan fingerprint density at radius 3 is 2.71 bits per heavy atom. The summed E-state index contributed by atoms with van der Waals surface area (Å²) in [6.45, 7) is 0. The fourth-order valence-corrected chi connectivity index (χ4v) is 1.14. The van der Waals surface area contributed by atoms with Crippen molar-refractivity contribution < 1.29 is 13.6 Å². The lowest BCUT2D eigenvalue weighted by Gasteiger charge is -2.04. The summed E-state index contributed by atoms with van der Waals surface area (Å²) in [4.78, 5) is 13.8. The Hall–Kier alpha value is -1.54. The van der Waals surface area contributed by atoms with Crippen molar-refractivity contribution in [1.82, 2.24) is 4.98 Å². The van der Waals surface area contributed by atoms with Crippen molar-refractivity contribution in [2.75, 3.05) is 0 Å². The number of rotatable bonds is 2. The van der Waals surface area contributed by atoms with Crippen LogP contribution in [0.3, 0.4) is 0 Å². The van der Waals surface area contributed by atoms with Crippen LogP contribution in [0.25, 0.3) is 0 Å². The first-order valence-electron chi connectivity index (χ1n) is 3.44. The summed E-state index contributed by atoms with van der Waals surface area (Å²) in [5.74, 6) is 0. The van der Waals surface area contributed by atoms with Gasteiger partial charge in [0, 0.05) is 5.56 Å². The van der Waals surface area contributed by atoms with E-state index in [0.29, 0.717) is 0 Å². The molecule has 0 aliphatic rings. The van der Waals surface area contributed by atoms with Gasteiger partial charge < -0.3 is 0 Å². The van der Waals surface area contributed by atoms with E-state index in [0.717, 1.165) is 6.07 Å². The minimum atomic E-state index is -2.86. The number of aromatic nitrogens is 1. The first-order chi connectivity index (χ1) is 6.60. The van der Waals surface area contributed by atoms with Crippen molar-refractivity contribution >= 4 is 17.9 Å². The molecule has 0 fully saturated rings. The molecular weight excluding hydrogens is 214 g/mol. The summed E-state index contributed by atoms with van der Waals surface area (Å²) in [7, 11) is 0. The van der Waals surface area contributed by atoms with E-state index in [9.17, 15) is 13.6 Å². The van der Waals surface area contributed by atoms with Crippen LogP contribution in [0.5, 0.6) is 0 Å². The van der Waals surface area contributed by atoms with Gasteiger partial charge in [0.1, 0.15) is 16.9 Å². The van der Waals surface area contributed by atoms with Crippen LogP contribution in [-0.4, -0.2) is 11.3 Å². The van der Waals surface area contributed by atoms with Gasteiger partial charge in [-0.3, -0.25) is 4.79 Å². The van der Waals surface area contributed by atoms with Gasteiger partial charge in [-0.25, -0.2) is 13.8 Å². The van der Waals surface area contributed by atoms with Crippen LogP contribution in [0.4, 0.5) is 8.78 Å². The Morgan fingerprint density at radius 1 is 1.64 bits per heavy atom. The maximum absolute atomic E-state index is 12.4. The molecule has 72 valence electrons. The predicted octanol–water partition coefficient (Wildman–Crippen LogP) is 2.36. The summed E-state index contributed by atoms with van der Waals surface area (Å²) in [5, 5.41) is 8.31. The monoisotopic (exact) mass is 216 g/mol. The zero-order chi connectivity index (χ0) is 10.7. The summed E-state index contributed by atoms with van der Waals surface area (Å²) in [5.41, 5.74) is -1.37. The lowest BCUT2D eigenvalue weighted by molar-refractivity contribution is 0.111. The Morgan fingerprint density at radius 2 is 2.29 bits per heavy atom. The number of aldehydes is 1. The van der Waals surface area contributed by atoms with Gasteiger partial charge in [0.2, 0.25) is 0 Å². The minimum Gasteiger partial charge on any atom is -0.296 e. The molecule has 0 saturated heterocycles. The third-order valence-corrected chi connectivity index (χ3v) is 1.70. The molecule has 14 heavy (non-hydrogen) atoms. The van der Waals surface area contributed by atoms with E-state index < -0.39 is 17.6 Å². The number of hydrogen-bond acceptors (Lipinski definition) is 3. The number of carbonyl (C=O) groups is 1. The minimum absolute atomic E-state index is 0.219. The molecule has 0 bridgehead atoms. The van der Waals surface area contributed by atoms with Crippen LogP contribution in [-0.2, 0) is 0 Å². The van der Waals surface area contributed by atoms with Gasteiger partial charge in [-0.2, -0.15) is 5.26 Å². The number of carbonyl (C=O) groups excluding carboxylic acids is 1. The summed E-state index contributed by atoms with van der Waals surface area (Å²) < 4.78 is 24.7. The van der Waals surface area contributed by atoms with Gasteiger partial charge >= 0.3 is 0 Å². The van der Waals surface area contributed by atoms with E-state index in [2.05, 4.69) is 4.98 Å². The van der Waals surface area contributed by atoms with E-state index in [-0.39, 0.29) is 17.1 Å². The Bertz CT molecular complexity index is 415. The molecular formula is C8H3ClF2N2O. The molecule has 0 radical (unpaired) electrons. The zero-order valence-corrected chi connectivity index (χ0v) is 7.42. The Kier molecular flexibility index (Phi) is 3.10. The van der Waals surface area contributed by atoms with Crippen LogP contribution >= 0.6 is 11.6 Å². The summed E-state index contributed by atoms with van der Waals surface area (Å²) in [6.07, 6.45) is -2.64. The molecule has 3 nitrogen and oxygen atoms in total. The second-order valence-corrected chi connectivity index (χ2v) is 2.71. The zero-order valence-electron chi connectivity index (χ0n) is 6.67. The van der Waals surface area contributed by atoms with Crippen LogP contribution in [0.2, 0.25) is 5.15 Å². The standard InChI is InChI=1S/C8H3ClF2N2O/c9-7-1-4(8(10)11)5(2-12)6(3-14)13-7/h1,3,8H. The molecule has 0 N–H and O–H groups in total. The largest absolute Gasteiger partial charge is 0.296 e. The van der Waals surface area contributed by atoms with Gasteiger partial charge in [0.25, 0.3) is 6.43 Å². The van der Waals surface area contributed by atoms with Crippen molar-refractivity contribution in [3.05, 3.63) is 28.0 Å². The third kappa shape index (κ3) is 1.86. The molecule has 0 amide bonds. The highest BCUT2D eigenvalue weighted by Gasteiger charge is 2.18. The smallest absolute Gasteiger partial charge is 0.265 e. The number of halogens is 3. The molecule has 0 aromatic carbocycles. The Balaban J connectivity index is 3.49. The normalized spacial score (nSPS) is 9.93. The summed E-state index contributed by atoms with van der Waals surface area (Å²) >= 11 is 5.39. The van der Waals surface area contributed by atoms with Crippen molar-refractivity contribution in [1.29, 1.82) is 5.26 Å². The van der Waals surface area contributed by atoms with Gasteiger partial charge in [-0.05, 0) is 6.07 Å². The first-order valence-corrected chi connectivity index (χ1v) is 3.81. The molecule has 1 rings (SSSR count). The van der Waals surface area contributed by atoms with Gasteiger partial charge in [-0.15, -0.1) is 0 Å². The van der Waals surface area contributed by atoms with Crippen LogP contribution < -0.4 is 0 Å².